The van der Waals surface area contributed by atoms with Crippen LogP contribution in [0.5, 0.6) is 0 Å². The molecule has 0 saturated carbocycles. The Bertz CT molecular complexity index is 827. The number of rotatable bonds is 4. The molecule has 0 aliphatic heterocycles. The van der Waals surface area contributed by atoms with Crippen molar-refractivity contribution in [3.8, 4) is 0 Å². The van der Waals surface area contributed by atoms with Crippen molar-refractivity contribution in [2.45, 2.75) is 25.4 Å². The summed E-state index contributed by atoms with van der Waals surface area (Å²) in [6, 6.07) is 10.6. The van der Waals surface area contributed by atoms with E-state index in [0.29, 0.717) is 0 Å². The number of benzene rings is 1. The Kier molecular flexibility index (Phi) is 4.95. The predicted octanol–water partition coefficient (Wildman–Crippen LogP) is 5.91. The molecule has 2 nitrogen and oxygen atoms in total. The first-order chi connectivity index (χ1) is 10.6. The van der Waals surface area contributed by atoms with E-state index in [1.165, 1.54) is 22.5 Å². The molecule has 0 unspecified atom stereocenters. The van der Waals surface area contributed by atoms with Crippen LogP contribution in [0.2, 0.25) is 0 Å². The van der Waals surface area contributed by atoms with E-state index in [4.69, 9.17) is 0 Å². The van der Waals surface area contributed by atoms with Crippen molar-refractivity contribution >= 4 is 49.3 Å². The smallest absolute Gasteiger partial charge is 0.151 e. The molecule has 114 valence electrons. The Hall–Kier alpha value is -0.780. The third kappa shape index (κ3) is 3.12. The summed E-state index contributed by atoms with van der Waals surface area (Å²) >= 11 is 9.13. The van der Waals surface area contributed by atoms with Crippen LogP contribution >= 0.6 is 43.6 Å². The lowest BCUT2D eigenvalue weighted by Crippen LogP contribution is -1.98. The molecule has 0 amide bonds. The summed E-state index contributed by atoms with van der Waals surface area (Å²) < 4.78 is 4.33. The lowest BCUT2D eigenvalue weighted by atomic mass is 10.1. The summed E-state index contributed by atoms with van der Waals surface area (Å²) in [5.74, 6) is 1.97. The van der Waals surface area contributed by atoms with Gasteiger partial charge in [0.1, 0.15) is 0 Å². The average Bonchev–Trinajstić information content (AvgIpc) is 2.91. The van der Waals surface area contributed by atoms with Gasteiger partial charge in [-0.2, -0.15) is 11.8 Å². The summed E-state index contributed by atoms with van der Waals surface area (Å²) in [7, 11) is 0. The molecule has 0 aliphatic carbocycles. The first-order valence-electron chi connectivity index (χ1n) is 7.01. The number of halogens is 2. The average molecular weight is 440 g/mol. The van der Waals surface area contributed by atoms with Crippen molar-refractivity contribution in [1.29, 1.82) is 0 Å². The molecule has 2 aromatic heterocycles. The number of fused-ring (bicyclic) bond motifs is 1. The minimum Gasteiger partial charge on any atom is -0.298 e. The summed E-state index contributed by atoms with van der Waals surface area (Å²) in [4.78, 5) is 4.55. The second-order valence-corrected chi connectivity index (χ2v) is 7.95. The molecular formula is C17H16Br2N2S. The molecule has 3 aromatic rings. The highest BCUT2D eigenvalue weighted by atomic mass is 79.9. The van der Waals surface area contributed by atoms with Gasteiger partial charge in [-0.3, -0.25) is 4.40 Å². The van der Waals surface area contributed by atoms with E-state index in [1.54, 1.807) is 0 Å². The second-order valence-electron chi connectivity index (χ2n) is 5.25. The maximum absolute atomic E-state index is 4.55. The van der Waals surface area contributed by atoms with Crippen molar-refractivity contribution in [3.05, 3.63) is 68.0 Å². The van der Waals surface area contributed by atoms with Crippen LogP contribution in [0.25, 0.3) is 5.65 Å². The fourth-order valence-corrected chi connectivity index (χ4v) is 4.74. The first kappa shape index (κ1) is 16.1. The number of nitrogens with zero attached hydrogens (tertiary/aromatic N) is 2. The first-order valence-corrected chi connectivity index (χ1v) is 9.75. The molecule has 0 spiro atoms. The lowest BCUT2D eigenvalue weighted by Gasteiger charge is -2.09. The van der Waals surface area contributed by atoms with Gasteiger partial charge in [0.15, 0.2) is 5.65 Å². The zero-order valence-corrected chi connectivity index (χ0v) is 16.4. The van der Waals surface area contributed by atoms with Gasteiger partial charge in [0, 0.05) is 21.7 Å². The number of aromatic nitrogens is 2. The minimum absolute atomic E-state index is 0.944. The van der Waals surface area contributed by atoms with Crippen LogP contribution in [0.4, 0.5) is 0 Å². The van der Waals surface area contributed by atoms with Crippen molar-refractivity contribution in [2.24, 2.45) is 0 Å². The van der Waals surface area contributed by atoms with E-state index in [2.05, 4.69) is 85.4 Å². The predicted molar refractivity (Wildman–Crippen MR) is 102 cm³/mol. The minimum atomic E-state index is 0.944. The topological polar surface area (TPSA) is 17.3 Å². The quantitative estimate of drug-likeness (QED) is 0.502. The van der Waals surface area contributed by atoms with Crippen LogP contribution in [-0.4, -0.2) is 9.38 Å². The summed E-state index contributed by atoms with van der Waals surface area (Å²) in [5.41, 5.74) is 6.15. The van der Waals surface area contributed by atoms with Gasteiger partial charge in [0.05, 0.1) is 16.4 Å². The Morgan fingerprint density at radius 2 is 1.86 bits per heavy atom. The van der Waals surface area contributed by atoms with Gasteiger partial charge < -0.3 is 0 Å². The molecule has 0 fully saturated rings. The second kappa shape index (κ2) is 6.77. The van der Waals surface area contributed by atoms with Gasteiger partial charge >= 0.3 is 0 Å². The van der Waals surface area contributed by atoms with E-state index in [9.17, 15) is 0 Å². The van der Waals surface area contributed by atoms with Gasteiger partial charge in [0.2, 0.25) is 0 Å². The molecule has 3 rings (SSSR count). The molecule has 0 saturated heterocycles. The fourth-order valence-electron chi connectivity index (χ4n) is 2.46. The molecular weight excluding hydrogens is 424 g/mol. The highest BCUT2D eigenvalue weighted by Crippen LogP contribution is 2.29. The maximum Gasteiger partial charge on any atom is 0.151 e. The third-order valence-electron chi connectivity index (χ3n) is 3.75. The van der Waals surface area contributed by atoms with Crippen LogP contribution in [0, 0.1) is 13.8 Å². The Labute approximate surface area is 151 Å². The zero-order chi connectivity index (χ0) is 15.7. The number of pyridine rings is 1. The molecule has 1 aromatic carbocycles. The van der Waals surface area contributed by atoms with Crippen molar-refractivity contribution in [3.63, 3.8) is 0 Å². The Balaban J connectivity index is 1.82. The highest BCUT2D eigenvalue weighted by Gasteiger charge is 2.11. The zero-order valence-electron chi connectivity index (χ0n) is 12.4. The molecule has 0 radical (unpaired) electrons. The number of hydrogen-bond acceptors (Lipinski definition) is 2. The summed E-state index contributed by atoms with van der Waals surface area (Å²) in [5, 5.41) is 0. The fraction of sp³-hybridized carbons (Fsp3) is 0.235. The maximum atomic E-state index is 4.55. The number of aryl methyl sites for hydroxylation is 2. The Morgan fingerprint density at radius 3 is 2.64 bits per heavy atom. The molecule has 0 atom stereocenters. The molecule has 0 bridgehead atoms. The monoisotopic (exact) mass is 438 g/mol. The van der Waals surface area contributed by atoms with Crippen molar-refractivity contribution in [1.82, 2.24) is 9.38 Å². The molecule has 0 aliphatic rings. The Morgan fingerprint density at radius 1 is 1.09 bits per heavy atom. The van der Waals surface area contributed by atoms with Crippen LogP contribution < -0.4 is 0 Å². The largest absolute Gasteiger partial charge is 0.298 e. The van der Waals surface area contributed by atoms with Crippen LogP contribution in [0.1, 0.15) is 22.5 Å². The highest BCUT2D eigenvalue weighted by molar-refractivity contribution is 9.11. The SMILES string of the molecule is Cc1ccccc1CSCc1cnc2c(Br)cc(Br)c(C)n12. The van der Waals surface area contributed by atoms with E-state index < -0.39 is 0 Å². The standard InChI is InChI=1S/C17H16Br2N2S/c1-11-5-3-4-6-13(11)9-22-10-14-8-20-17-16(19)7-15(18)12(2)21(14)17/h3-8H,9-10H2,1-2H3. The van der Waals surface area contributed by atoms with E-state index in [0.717, 1.165) is 26.1 Å². The normalized spacial score (nSPS) is 11.3. The van der Waals surface area contributed by atoms with Gasteiger partial charge in [-0.05, 0) is 62.9 Å². The molecule has 2 heterocycles. The van der Waals surface area contributed by atoms with Gasteiger partial charge in [-0.1, -0.05) is 24.3 Å². The van der Waals surface area contributed by atoms with Crippen LogP contribution in [0.15, 0.2) is 45.5 Å². The van der Waals surface area contributed by atoms with E-state index in [1.807, 2.05) is 18.0 Å². The summed E-state index contributed by atoms with van der Waals surface area (Å²) in [6.07, 6.45) is 1.98. The number of hydrogen-bond donors (Lipinski definition) is 0. The van der Waals surface area contributed by atoms with Crippen LogP contribution in [-0.2, 0) is 11.5 Å². The van der Waals surface area contributed by atoms with Gasteiger partial charge in [-0.25, -0.2) is 4.98 Å². The van der Waals surface area contributed by atoms with Gasteiger partial charge in [0.25, 0.3) is 0 Å². The summed E-state index contributed by atoms with van der Waals surface area (Å²) in [6.45, 7) is 4.28. The van der Waals surface area contributed by atoms with Crippen molar-refractivity contribution < 1.29 is 0 Å². The van der Waals surface area contributed by atoms with E-state index in [-0.39, 0.29) is 0 Å². The molecule has 22 heavy (non-hydrogen) atoms. The van der Waals surface area contributed by atoms with Crippen molar-refractivity contribution in [2.75, 3.05) is 0 Å². The molecule has 0 N–H and O–H groups in total. The third-order valence-corrected chi connectivity index (χ3v) is 6.15. The van der Waals surface area contributed by atoms with E-state index >= 15 is 0 Å². The van der Waals surface area contributed by atoms with Crippen LogP contribution in [0.3, 0.4) is 0 Å². The number of imidazole rings is 1. The lowest BCUT2D eigenvalue weighted by molar-refractivity contribution is 1.01. The number of thioether (sulfide) groups is 1. The van der Waals surface area contributed by atoms with Gasteiger partial charge in [-0.15, -0.1) is 0 Å². The molecule has 5 heteroatoms.